The molecule has 1 heterocycles. The molecule has 0 radical (unpaired) electrons. The van der Waals surface area contributed by atoms with Gasteiger partial charge in [0.15, 0.2) is 0 Å². The Morgan fingerprint density at radius 1 is 1.35 bits per heavy atom. The number of hydrogen-bond acceptors (Lipinski definition) is 3. The molecule has 106 valence electrons. The van der Waals surface area contributed by atoms with Gasteiger partial charge in [-0.05, 0) is 55.7 Å². The van der Waals surface area contributed by atoms with Crippen molar-refractivity contribution in [1.29, 1.82) is 0 Å². The molecule has 1 aromatic carbocycles. The molecule has 3 heteroatoms. The number of para-hydroxylation sites is 1. The van der Waals surface area contributed by atoms with E-state index >= 15 is 0 Å². The number of nitrogens with one attached hydrogen (secondary N) is 1. The molecule has 1 aromatic heterocycles. The predicted octanol–water partition coefficient (Wildman–Crippen LogP) is 3.86. The maximum atomic E-state index is 4.88. The lowest BCUT2D eigenvalue weighted by Gasteiger charge is -2.37. The summed E-state index contributed by atoms with van der Waals surface area (Å²) in [5.41, 5.74) is 1.65. The maximum absolute atomic E-state index is 4.88. The zero-order valence-corrected chi connectivity index (χ0v) is 12.9. The Bertz CT molecular complexity index is 587. The highest BCUT2D eigenvalue weighted by molar-refractivity contribution is 7.18. The minimum absolute atomic E-state index is 0.478. The van der Waals surface area contributed by atoms with Crippen LogP contribution in [-0.2, 0) is 6.42 Å². The molecule has 2 aliphatic carbocycles. The van der Waals surface area contributed by atoms with Gasteiger partial charge in [-0.3, -0.25) is 0 Å². The van der Waals surface area contributed by atoms with Crippen LogP contribution in [0.4, 0.5) is 0 Å². The van der Waals surface area contributed by atoms with Crippen molar-refractivity contribution in [2.75, 3.05) is 13.6 Å². The van der Waals surface area contributed by atoms with Crippen LogP contribution in [-0.4, -0.2) is 18.6 Å². The maximum Gasteiger partial charge on any atom is 0.0944 e. The second-order valence-electron chi connectivity index (χ2n) is 6.72. The van der Waals surface area contributed by atoms with Gasteiger partial charge in [-0.15, -0.1) is 11.3 Å². The van der Waals surface area contributed by atoms with E-state index in [2.05, 4.69) is 36.6 Å². The van der Waals surface area contributed by atoms with Crippen LogP contribution in [0.2, 0.25) is 0 Å². The van der Waals surface area contributed by atoms with Crippen LogP contribution in [0.5, 0.6) is 0 Å². The Morgan fingerprint density at radius 3 is 2.95 bits per heavy atom. The smallest absolute Gasteiger partial charge is 0.0944 e. The fourth-order valence-corrected chi connectivity index (χ4v) is 5.82. The summed E-state index contributed by atoms with van der Waals surface area (Å²) in [5.74, 6) is 1.91. The Kier molecular flexibility index (Phi) is 3.08. The first-order chi connectivity index (χ1) is 9.79. The van der Waals surface area contributed by atoms with Crippen LogP contribution >= 0.6 is 11.3 Å². The van der Waals surface area contributed by atoms with Crippen molar-refractivity contribution >= 4 is 21.6 Å². The highest BCUT2D eigenvalue weighted by Gasteiger charge is 2.50. The Balaban J connectivity index is 1.65. The number of benzene rings is 1. The van der Waals surface area contributed by atoms with Crippen molar-refractivity contribution in [3.05, 3.63) is 29.3 Å². The highest BCUT2D eigenvalue weighted by Crippen LogP contribution is 2.57. The van der Waals surface area contributed by atoms with Crippen LogP contribution in [0.3, 0.4) is 0 Å². The van der Waals surface area contributed by atoms with Gasteiger partial charge in [0.2, 0.25) is 0 Å². The molecule has 3 atom stereocenters. The molecule has 2 nitrogen and oxygen atoms in total. The third-order valence-corrected chi connectivity index (χ3v) is 6.51. The minimum Gasteiger partial charge on any atom is -0.319 e. The fraction of sp³-hybridized carbons (Fsp3) is 0.588. The summed E-state index contributed by atoms with van der Waals surface area (Å²) < 4.78 is 1.34. The first-order valence-electron chi connectivity index (χ1n) is 7.78. The van der Waals surface area contributed by atoms with E-state index in [0.717, 1.165) is 18.4 Å². The van der Waals surface area contributed by atoms with Crippen LogP contribution in [0.1, 0.15) is 30.7 Å². The normalized spacial score (nSPS) is 32.2. The summed E-state index contributed by atoms with van der Waals surface area (Å²) in [6.45, 7) is 1.16. The zero-order valence-electron chi connectivity index (χ0n) is 12.1. The number of fused-ring (bicyclic) bond motifs is 3. The minimum atomic E-state index is 0.478. The standard InChI is InChI=1S/C17H22N2S/c1-18-11-17(9-12-6-7-13(17)8-12)10-16-19-14-4-2-3-5-15(14)20-16/h2-5,12-13,18H,6-11H2,1H3. The van der Waals surface area contributed by atoms with Gasteiger partial charge in [0.25, 0.3) is 0 Å². The van der Waals surface area contributed by atoms with E-state index in [1.54, 1.807) is 0 Å². The van der Waals surface area contributed by atoms with Gasteiger partial charge in [0.05, 0.1) is 15.2 Å². The summed E-state index contributed by atoms with van der Waals surface area (Å²) in [7, 11) is 2.10. The fourth-order valence-electron chi connectivity index (χ4n) is 4.70. The molecule has 0 aliphatic heterocycles. The predicted molar refractivity (Wildman–Crippen MR) is 85.1 cm³/mol. The summed E-state index contributed by atoms with van der Waals surface area (Å²) >= 11 is 1.90. The van der Waals surface area contributed by atoms with E-state index in [0.29, 0.717) is 5.41 Å². The van der Waals surface area contributed by atoms with Gasteiger partial charge in [-0.2, -0.15) is 0 Å². The molecule has 4 rings (SSSR count). The second kappa shape index (κ2) is 4.81. The topological polar surface area (TPSA) is 24.9 Å². The lowest BCUT2D eigenvalue weighted by Crippen LogP contribution is -2.39. The van der Waals surface area contributed by atoms with Gasteiger partial charge in [-0.1, -0.05) is 18.6 Å². The third kappa shape index (κ3) is 1.99. The van der Waals surface area contributed by atoms with Crippen molar-refractivity contribution in [2.45, 2.75) is 32.1 Å². The molecular formula is C17H22N2S. The molecule has 2 saturated carbocycles. The lowest BCUT2D eigenvalue weighted by atomic mass is 9.71. The van der Waals surface area contributed by atoms with E-state index in [1.165, 1.54) is 47.3 Å². The van der Waals surface area contributed by atoms with E-state index in [9.17, 15) is 0 Å². The summed E-state index contributed by atoms with van der Waals surface area (Å²) in [6, 6.07) is 8.54. The SMILES string of the molecule is CNCC1(Cc2nc3ccccc3s2)CC2CCC1C2. The first-order valence-corrected chi connectivity index (χ1v) is 8.60. The molecule has 2 aromatic rings. The first kappa shape index (κ1) is 12.8. The highest BCUT2D eigenvalue weighted by atomic mass is 32.1. The van der Waals surface area contributed by atoms with Crippen LogP contribution in [0.15, 0.2) is 24.3 Å². The number of hydrogen-bond donors (Lipinski definition) is 1. The molecule has 1 N–H and O–H groups in total. The molecule has 2 aliphatic rings. The number of thiazole rings is 1. The Labute approximate surface area is 124 Å². The second-order valence-corrected chi connectivity index (χ2v) is 7.84. The van der Waals surface area contributed by atoms with Crippen LogP contribution in [0.25, 0.3) is 10.2 Å². The van der Waals surface area contributed by atoms with E-state index in [1.807, 2.05) is 11.3 Å². The molecule has 3 unspecified atom stereocenters. The third-order valence-electron chi connectivity index (χ3n) is 5.47. The molecule has 2 bridgehead atoms. The lowest BCUT2D eigenvalue weighted by molar-refractivity contribution is 0.160. The molecule has 2 fully saturated rings. The Hall–Kier alpha value is -0.930. The molecule has 20 heavy (non-hydrogen) atoms. The van der Waals surface area contributed by atoms with Crippen molar-refractivity contribution in [3.8, 4) is 0 Å². The molecule has 0 amide bonds. The number of aromatic nitrogens is 1. The molecule has 0 spiro atoms. The Morgan fingerprint density at radius 2 is 2.25 bits per heavy atom. The van der Waals surface area contributed by atoms with Crippen molar-refractivity contribution in [1.82, 2.24) is 10.3 Å². The van der Waals surface area contributed by atoms with Gasteiger partial charge < -0.3 is 5.32 Å². The summed E-state index contributed by atoms with van der Waals surface area (Å²) in [4.78, 5) is 4.88. The summed E-state index contributed by atoms with van der Waals surface area (Å²) in [5, 5.41) is 4.81. The van der Waals surface area contributed by atoms with E-state index < -0.39 is 0 Å². The van der Waals surface area contributed by atoms with E-state index in [-0.39, 0.29) is 0 Å². The quantitative estimate of drug-likeness (QED) is 0.923. The largest absolute Gasteiger partial charge is 0.319 e. The monoisotopic (exact) mass is 286 g/mol. The van der Waals surface area contributed by atoms with E-state index in [4.69, 9.17) is 4.98 Å². The average molecular weight is 286 g/mol. The molecular weight excluding hydrogens is 264 g/mol. The van der Waals surface area contributed by atoms with Crippen LogP contribution in [0, 0.1) is 17.3 Å². The van der Waals surface area contributed by atoms with Crippen molar-refractivity contribution in [2.24, 2.45) is 17.3 Å². The van der Waals surface area contributed by atoms with Gasteiger partial charge in [0.1, 0.15) is 0 Å². The summed E-state index contributed by atoms with van der Waals surface area (Å²) in [6.07, 6.45) is 6.96. The van der Waals surface area contributed by atoms with Gasteiger partial charge in [-0.25, -0.2) is 4.98 Å². The number of nitrogens with zero attached hydrogens (tertiary/aromatic N) is 1. The van der Waals surface area contributed by atoms with Gasteiger partial charge in [0, 0.05) is 13.0 Å². The zero-order chi connectivity index (χ0) is 13.6. The average Bonchev–Trinajstić information content (AvgIpc) is 3.11. The number of rotatable bonds is 4. The van der Waals surface area contributed by atoms with Crippen LogP contribution < -0.4 is 5.32 Å². The van der Waals surface area contributed by atoms with Gasteiger partial charge >= 0.3 is 0 Å². The molecule has 0 saturated heterocycles. The van der Waals surface area contributed by atoms with Crippen molar-refractivity contribution < 1.29 is 0 Å². The van der Waals surface area contributed by atoms with Crippen molar-refractivity contribution in [3.63, 3.8) is 0 Å².